The van der Waals surface area contributed by atoms with Gasteiger partial charge in [-0.2, -0.15) is 18.3 Å². The number of nitrogens with one attached hydrogen (secondary N) is 1. The van der Waals surface area contributed by atoms with Gasteiger partial charge in [-0.15, -0.1) is 0 Å². The molecule has 0 saturated carbocycles. The van der Waals surface area contributed by atoms with Crippen LogP contribution in [0.2, 0.25) is 0 Å². The SMILES string of the molecule is CC1=C(C(=O)OC(C)C)C(c2ccccc2C(F)(F)F)n2nccc2N1. The number of allylic oxidation sites excluding steroid dienone is 1. The molecular weight excluding hydrogens is 347 g/mol. The van der Waals surface area contributed by atoms with Crippen molar-refractivity contribution in [1.82, 2.24) is 9.78 Å². The van der Waals surface area contributed by atoms with Gasteiger partial charge in [-0.05, 0) is 32.4 Å². The molecule has 1 atom stereocenters. The van der Waals surface area contributed by atoms with Crippen LogP contribution in [0.3, 0.4) is 0 Å². The van der Waals surface area contributed by atoms with Gasteiger partial charge in [-0.1, -0.05) is 18.2 Å². The second-order valence-electron chi connectivity index (χ2n) is 6.27. The summed E-state index contributed by atoms with van der Waals surface area (Å²) in [5.41, 5.74) is -0.324. The van der Waals surface area contributed by atoms with E-state index in [4.69, 9.17) is 4.74 Å². The predicted octanol–water partition coefficient (Wildman–Crippen LogP) is 4.14. The van der Waals surface area contributed by atoms with Crippen LogP contribution >= 0.6 is 0 Å². The Morgan fingerprint density at radius 1 is 1.27 bits per heavy atom. The maximum absolute atomic E-state index is 13.6. The summed E-state index contributed by atoms with van der Waals surface area (Å²) in [4.78, 5) is 12.7. The zero-order valence-electron chi connectivity index (χ0n) is 14.5. The third-order valence-electron chi connectivity index (χ3n) is 4.03. The highest BCUT2D eigenvalue weighted by molar-refractivity contribution is 5.92. The quantitative estimate of drug-likeness (QED) is 0.831. The molecule has 26 heavy (non-hydrogen) atoms. The largest absolute Gasteiger partial charge is 0.459 e. The molecule has 0 bridgehead atoms. The third-order valence-corrected chi connectivity index (χ3v) is 4.03. The summed E-state index contributed by atoms with van der Waals surface area (Å²) < 4.78 is 47.3. The van der Waals surface area contributed by atoms with Crippen LogP contribution in [0.5, 0.6) is 0 Å². The standard InChI is InChI=1S/C18H18F3N3O2/c1-10(2)26-17(25)15-11(3)23-14-8-9-22-24(14)16(15)12-6-4-5-7-13(12)18(19,20)21/h4-10,16,23H,1-3H3. The highest BCUT2D eigenvalue weighted by atomic mass is 19.4. The molecule has 3 rings (SSSR count). The summed E-state index contributed by atoms with van der Waals surface area (Å²) in [5, 5.41) is 7.13. The number of rotatable bonds is 3. The molecule has 2 heterocycles. The van der Waals surface area contributed by atoms with Crippen molar-refractivity contribution in [3.63, 3.8) is 0 Å². The van der Waals surface area contributed by atoms with E-state index in [-0.39, 0.29) is 11.1 Å². The normalized spacial score (nSPS) is 17.1. The average molecular weight is 365 g/mol. The van der Waals surface area contributed by atoms with Gasteiger partial charge < -0.3 is 10.1 Å². The highest BCUT2D eigenvalue weighted by Gasteiger charge is 2.40. The summed E-state index contributed by atoms with van der Waals surface area (Å²) >= 11 is 0. The number of carbonyl (C=O) groups excluding carboxylic acids is 1. The number of ether oxygens (including phenoxy) is 1. The number of esters is 1. The summed E-state index contributed by atoms with van der Waals surface area (Å²) in [6.07, 6.45) is -3.49. The van der Waals surface area contributed by atoms with Gasteiger partial charge in [0.25, 0.3) is 0 Å². The first-order valence-electron chi connectivity index (χ1n) is 8.08. The van der Waals surface area contributed by atoms with Crippen molar-refractivity contribution in [3.8, 4) is 0 Å². The van der Waals surface area contributed by atoms with Crippen LogP contribution in [0.4, 0.5) is 19.0 Å². The molecule has 138 valence electrons. The number of hydrogen-bond donors (Lipinski definition) is 1. The van der Waals surface area contributed by atoms with Gasteiger partial charge in [0, 0.05) is 11.8 Å². The van der Waals surface area contributed by atoms with Crippen molar-refractivity contribution in [1.29, 1.82) is 0 Å². The van der Waals surface area contributed by atoms with E-state index >= 15 is 0 Å². The Morgan fingerprint density at radius 2 is 1.96 bits per heavy atom. The van der Waals surface area contributed by atoms with Crippen molar-refractivity contribution >= 4 is 11.8 Å². The van der Waals surface area contributed by atoms with E-state index in [0.29, 0.717) is 11.5 Å². The summed E-state index contributed by atoms with van der Waals surface area (Å²) in [6, 6.07) is 5.79. The third kappa shape index (κ3) is 3.18. The van der Waals surface area contributed by atoms with Crippen LogP contribution in [0, 0.1) is 0 Å². The van der Waals surface area contributed by atoms with Crippen LogP contribution < -0.4 is 5.32 Å². The van der Waals surface area contributed by atoms with Gasteiger partial charge in [0.1, 0.15) is 11.9 Å². The summed E-state index contributed by atoms with van der Waals surface area (Å²) in [6.45, 7) is 5.00. The number of nitrogens with zero attached hydrogens (tertiary/aromatic N) is 2. The minimum Gasteiger partial charge on any atom is -0.459 e. The topological polar surface area (TPSA) is 56.2 Å². The van der Waals surface area contributed by atoms with E-state index in [2.05, 4.69) is 10.4 Å². The van der Waals surface area contributed by atoms with Crippen molar-refractivity contribution in [3.05, 3.63) is 58.9 Å². The maximum Gasteiger partial charge on any atom is 0.416 e. The maximum atomic E-state index is 13.6. The van der Waals surface area contributed by atoms with E-state index in [1.54, 1.807) is 26.8 Å². The lowest BCUT2D eigenvalue weighted by Gasteiger charge is -2.31. The van der Waals surface area contributed by atoms with Crippen molar-refractivity contribution in [2.24, 2.45) is 0 Å². The van der Waals surface area contributed by atoms with Crippen LogP contribution in [0.15, 0.2) is 47.8 Å². The molecule has 0 radical (unpaired) electrons. The molecule has 0 saturated heterocycles. The molecule has 0 spiro atoms. The monoisotopic (exact) mass is 365 g/mol. The Kier molecular flexibility index (Phi) is 4.52. The minimum absolute atomic E-state index is 0.0542. The smallest absolute Gasteiger partial charge is 0.416 e. The van der Waals surface area contributed by atoms with E-state index < -0.39 is 29.9 Å². The number of alkyl halides is 3. The molecule has 1 aromatic carbocycles. The minimum atomic E-state index is -4.56. The second-order valence-corrected chi connectivity index (χ2v) is 6.27. The van der Waals surface area contributed by atoms with Gasteiger partial charge in [-0.25, -0.2) is 9.48 Å². The lowest BCUT2D eigenvalue weighted by molar-refractivity contribution is -0.144. The number of aromatic nitrogens is 2. The molecule has 0 aliphatic carbocycles. The van der Waals surface area contributed by atoms with Gasteiger partial charge in [0.05, 0.1) is 23.4 Å². The van der Waals surface area contributed by atoms with E-state index in [1.165, 1.54) is 29.1 Å². The van der Waals surface area contributed by atoms with Gasteiger partial charge in [-0.3, -0.25) is 0 Å². The lowest BCUT2D eigenvalue weighted by atomic mass is 9.91. The Balaban J connectivity index is 2.21. The lowest BCUT2D eigenvalue weighted by Crippen LogP contribution is -2.31. The Labute approximate surface area is 148 Å². The molecule has 8 heteroatoms. The molecular formula is C18H18F3N3O2. The average Bonchev–Trinajstić information content (AvgIpc) is 2.99. The van der Waals surface area contributed by atoms with Crippen LogP contribution in [-0.2, 0) is 15.7 Å². The number of carbonyl (C=O) groups is 1. The molecule has 1 aliphatic heterocycles. The fourth-order valence-corrected chi connectivity index (χ4v) is 3.03. The molecule has 0 fully saturated rings. The van der Waals surface area contributed by atoms with Crippen LogP contribution in [0.1, 0.15) is 37.9 Å². The Morgan fingerprint density at radius 3 is 2.62 bits per heavy atom. The Bertz CT molecular complexity index is 869. The molecule has 0 amide bonds. The first-order chi connectivity index (χ1) is 12.2. The number of benzene rings is 1. The number of hydrogen-bond acceptors (Lipinski definition) is 4. The van der Waals surface area contributed by atoms with Crippen LogP contribution in [-0.4, -0.2) is 21.9 Å². The predicted molar refractivity (Wildman–Crippen MR) is 89.4 cm³/mol. The summed E-state index contributed by atoms with van der Waals surface area (Å²) in [7, 11) is 0. The molecule has 5 nitrogen and oxygen atoms in total. The van der Waals surface area contributed by atoms with E-state index in [0.717, 1.165) is 6.07 Å². The fourth-order valence-electron chi connectivity index (χ4n) is 3.03. The number of halogens is 3. The number of fused-ring (bicyclic) bond motifs is 1. The van der Waals surface area contributed by atoms with Gasteiger partial charge >= 0.3 is 12.1 Å². The molecule has 1 N–H and O–H groups in total. The van der Waals surface area contributed by atoms with Crippen molar-refractivity contribution < 1.29 is 22.7 Å². The second kappa shape index (κ2) is 6.51. The first-order valence-corrected chi connectivity index (χ1v) is 8.08. The zero-order chi connectivity index (χ0) is 19.1. The number of anilines is 1. The van der Waals surface area contributed by atoms with Gasteiger partial charge in [0.15, 0.2) is 0 Å². The highest BCUT2D eigenvalue weighted by Crippen LogP contribution is 2.42. The summed E-state index contributed by atoms with van der Waals surface area (Å²) in [5.74, 6) is -0.168. The molecule has 2 aromatic rings. The first kappa shape index (κ1) is 18.0. The molecule has 1 unspecified atom stereocenters. The molecule has 1 aromatic heterocycles. The van der Waals surface area contributed by atoms with Crippen molar-refractivity contribution in [2.75, 3.05) is 5.32 Å². The van der Waals surface area contributed by atoms with E-state index in [9.17, 15) is 18.0 Å². The van der Waals surface area contributed by atoms with Gasteiger partial charge in [0.2, 0.25) is 0 Å². The zero-order valence-corrected chi connectivity index (χ0v) is 14.5. The van der Waals surface area contributed by atoms with Crippen LogP contribution in [0.25, 0.3) is 0 Å². The van der Waals surface area contributed by atoms with Crippen molar-refractivity contribution in [2.45, 2.75) is 39.1 Å². The Hall–Kier alpha value is -2.77. The van der Waals surface area contributed by atoms with E-state index in [1.807, 2.05) is 0 Å². The molecule has 1 aliphatic rings. The fraction of sp³-hybridized carbons (Fsp3) is 0.333.